The minimum Gasteiger partial charge on any atom is -0.339 e. The van der Waals surface area contributed by atoms with Gasteiger partial charge in [0.15, 0.2) is 0 Å². The first-order valence-electron chi connectivity index (χ1n) is 8.06. The summed E-state index contributed by atoms with van der Waals surface area (Å²) in [5, 5.41) is 0. The third-order valence-electron chi connectivity index (χ3n) is 4.26. The average Bonchev–Trinajstić information content (AvgIpc) is 2.54. The maximum Gasteiger partial charge on any atom is 0.416 e. The molecule has 0 aliphatic carbocycles. The average molecular weight is 374 g/mol. The Bertz CT molecular complexity index is 619. The van der Waals surface area contributed by atoms with Crippen LogP contribution < -0.4 is 0 Å². The van der Waals surface area contributed by atoms with Gasteiger partial charge in [-0.1, -0.05) is 12.1 Å². The summed E-state index contributed by atoms with van der Waals surface area (Å²) in [6.45, 7) is 3.21. The van der Waals surface area contributed by atoms with Crippen LogP contribution in [0.15, 0.2) is 24.3 Å². The lowest BCUT2D eigenvalue weighted by atomic mass is 10.1. The molecule has 138 valence electrons. The second-order valence-electron chi connectivity index (χ2n) is 6.12. The topological polar surface area (TPSA) is 40.6 Å². The van der Waals surface area contributed by atoms with Crippen LogP contribution in [0.1, 0.15) is 24.5 Å². The number of benzene rings is 1. The van der Waals surface area contributed by atoms with Crippen LogP contribution in [0.2, 0.25) is 0 Å². The summed E-state index contributed by atoms with van der Waals surface area (Å²) in [5.74, 6) is 0.365. The Morgan fingerprint density at radius 3 is 2.32 bits per heavy atom. The molecule has 1 aromatic rings. The summed E-state index contributed by atoms with van der Waals surface area (Å²) >= 11 is 4.06. The Balaban J connectivity index is 1.93. The minimum absolute atomic E-state index is 0.0253. The first-order valence-corrected chi connectivity index (χ1v) is 8.70. The van der Waals surface area contributed by atoms with E-state index >= 15 is 0 Å². The van der Waals surface area contributed by atoms with Gasteiger partial charge in [-0.2, -0.15) is 25.8 Å². The Kier molecular flexibility index (Phi) is 6.37. The number of amides is 2. The van der Waals surface area contributed by atoms with Gasteiger partial charge in [0, 0.05) is 32.1 Å². The molecular weight excluding hydrogens is 353 g/mol. The van der Waals surface area contributed by atoms with Crippen LogP contribution >= 0.6 is 12.6 Å². The molecule has 1 aliphatic heterocycles. The van der Waals surface area contributed by atoms with Gasteiger partial charge in [-0.15, -0.1) is 0 Å². The monoisotopic (exact) mass is 374 g/mol. The van der Waals surface area contributed by atoms with E-state index in [1.807, 2.05) is 6.92 Å². The number of rotatable bonds is 4. The second kappa shape index (κ2) is 8.12. The van der Waals surface area contributed by atoms with Gasteiger partial charge in [0.25, 0.3) is 0 Å². The van der Waals surface area contributed by atoms with E-state index in [0.717, 1.165) is 12.1 Å². The number of carbonyl (C=O) groups is 2. The van der Waals surface area contributed by atoms with Crippen molar-refractivity contribution < 1.29 is 22.8 Å². The quantitative estimate of drug-likeness (QED) is 0.823. The van der Waals surface area contributed by atoms with Crippen molar-refractivity contribution in [3.8, 4) is 0 Å². The van der Waals surface area contributed by atoms with Gasteiger partial charge in [0.2, 0.25) is 11.8 Å². The predicted molar refractivity (Wildman–Crippen MR) is 91.4 cm³/mol. The molecule has 0 aromatic heterocycles. The fraction of sp³-hybridized carbons (Fsp3) is 0.529. The number of nitrogens with zero attached hydrogens (tertiary/aromatic N) is 2. The largest absolute Gasteiger partial charge is 0.416 e. The lowest BCUT2D eigenvalue weighted by Gasteiger charge is -2.40. The van der Waals surface area contributed by atoms with Gasteiger partial charge in [-0.05, 0) is 30.4 Å². The highest BCUT2D eigenvalue weighted by atomic mass is 32.1. The van der Waals surface area contributed by atoms with Crippen molar-refractivity contribution >= 4 is 24.4 Å². The van der Waals surface area contributed by atoms with Gasteiger partial charge >= 0.3 is 6.18 Å². The van der Waals surface area contributed by atoms with Gasteiger partial charge in [-0.25, -0.2) is 0 Å². The molecule has 0 unspecified atom stereocenters. The first kappa shape index (κ1) is 19.6. The molecule has 8 heteroatoms. The fourth-order valence-corrected chi connectivity index (χ4v) is 3.08. The molecule has 2 amide bonds. The zero-order valence-electron chi connectivity index (χ0n) is 13.9. The highest BCUT2D eigenvalue weighted by Crippen LogP contribution is 2.29. The number of piperazine rings is 1. The molecule has 25 heavy (non-hydrogen) atoms. The Hall–Kier alpha value is -1.70. The predicted octanol–water partition coefficient (Wildman–Crippen LogP) is 2.63. The van der Waals surface area contributed by atoms with Crippen molar-refractivity contribution in [3.05, 3.63) is 35.4 Å². The van der Waals surface area contributed by atoms with Gasteiger partial charge in [0.05, 0.1) is 12.0 Å². The third-order valence-corrected chi connectivity index (χ3v) is 4.49. The normalized spacial score (nSPS) is 18.4. The lowest BCUT2D eigenvalue weighted by Crippen LogP contribution is -2.55. The van der Waals surface area contributed by atoms with Crippen molar-refractivity contribution in [1.29, 1.82) is 0 Å². The summed E-state index contributed by atoms with van der Waals surface area (Å²) in [5.41, 5.74) is -0.187. The fourth-order valence-electron chi connectivity index (χ4n) is 2.89. The molecular formula is C17H21F3N2O2S. The van der Waals surface area contributed by atoms with E-state index in [9.17, 15) is 22.8 Å². The number of hydrogen-bond donors (Lipinski definition) is 1. The number of carbonyl (C=O) groups excluding carboxylic acids is 2. The van der Waals surface area contributed by atoms with Crippen LogP contribution in [0, 0.1) is 0 Å². The van der Waals surface area contributed by atoms with Gasteiger partial charge in [-0.3, -0.25) is 9.59 Å². The highest BCUT2D eigenvalue weighted by Gasteiger charge is 2.31. The van der Waals surface area contributed by atoms with Crippen LogP contribution in [-0.4, -0.2) is 53.0 Å². The molecule has 1 saturated heterocycles. The molecule has 1 heterocycles. The van der Waals surface area contributed by atoms with E-state index in [-0.39, 0.29) is 24.3 Å². The third kappa shape index (κ3) is 5.14. The molecule has 1 aromatic carbocycles. The molecule has 1 fully saturated rings. The van der Waals surface area contributed by atoms with Crippen LogP contribution in [0.4, 0.5) is 13.2 Å². The van der Waals surface area contributed by atoms with Crippen molar-refractivity contribution in [2.45, 2.75) is 32.0 Å². The van der Waals surface area contributed by atoms with Crippen molar-refractivity contribution in [2.24, 2.45) is 0 Å². The molecule has 1 atom stereocenters. The summed E-state index contributed by atoms with van der Waals surface area (Å²) in [6, 6.07) is 4.55. The molecule has 1 aliphatic rings. The molecule has 0 radical (unpaired) electrons. The van der Waals surface area contributed by atoms with Crippen molar-refractivity contribution in [3.63, 3.8) is 0 Å². The zero-order valence-corrected chi connectivity index (χ0v) is 14.8. The summed E-state index contributed by atoms with van der Waals surface area (Å²) in [7, 11) is 0. The molecule has 4 nitrogen and oxygen atoms in total. The van der Waals surface area contributed by atoms with E-state index in [1.54, 1.807) is 9.80 Å². The first-order chi connectivity index (χ1) is 11.7. The Morgan fingerprint density at radius 1 is 1.16 bits per heavy atom. The van der Waals surface area contributed by atoms with Gasteiger partial charge in [0.1, 0.15) is 0 Å². The molecule has 0 saturated carbocycles. The SMILES string of the molecule is C[C@@H]1CN(C(=O)Cc2ccc(C(F)(F)F)cc2)CCN1C(=O)CCS. The van der Waals surface area contributed by atoms with E-state index < -0.39 is 11.7 Å². The molecule has 2 rings (SSSR count). The van der Waals surface area contributed by atoms with E-state index in [4.69, 9.17) is 0 Å². The molecule has 0 bridgehead atoms. The van der Waals surface area contributed by atoms with Gasteiger partial charge < -0.3 is 9.80 Å². The van der Waals surface area contributed by atoms with Crippen LogP contribution in [0.3, 0.4) is 0 Å². The summed E-state index contributed by atoms with van der Waals surface area (Å²) in [4.78, 5) is 27.8. The number of alkyl halides is 3. The maximum absolute atomic E-state index is 12.6. The maximum atomic E-state index is 12.6. The smallest absolute Gasteiger partial charge is 0.339 e. The van der Waals surface area contributed by atoms with Crippen molar-refractivity contribution in [2.75, 3.05) is 25.4 Å². The number of halogens is 3. The van der Waals surface area contributed by atoms with E-state index in [1.165, 1.54) is 12.1 Å². The van der Waals surface area contributed by atoms with E-state index in [0.29, 0.717) is 37.4 Å². The summed E-state index contributed by atoms with van der Waals surface area (Å²) < 4.78 is 37.7. The highest BCUT2D eigenvalue weighted by molar-refractivity contribution is 7.80. The molecule has 0 N–H and O–H groups in total. The number of hydrogen-bond acceptors (Lipinski definition) is 3. The van der Waals surface area contributed by atoms with Crippen LogP contribution in [0.5, 0.6) is 0 Å². The molecule has 0 spiro atoms. The van der Waals surface area contributed by atoms with E-state index in [2.05, 4.69) is 12.6 Å². The Morgan fingerprint density at radius 2 is 1.80 bits per heavy atom. The second-order valence-corrected chi connectivity index (χ2v) is 6.57. The minimum atomic E-state index is -4.38. The summed E-state index contributed by atoms with van der Waals surface area (Å²) in [6.07, 6.45) is -3.96. The van der Waals surface area contributed by atoms with Crippen molar-refractivity contribution in [1.82, 2.24) is 9.80 Å². The zero-order chi connectivity index (χ0) is 18.6. The van der Waals surface area contributed by atoms with Crippen LogP contribution in [-0.2, 0) is 22.2 Å². The number of thiol groups is 1. The lowest BCUT2D eigenvalue weighted by molar-refractivity contribution is -0.141. The standard InChI is InChI=1S/C17H21F3N2O2S/c1-12-11-21(7-8-22(12)15(23)6-9-25)16(24)10-13-2-4-14(5-3-13)17(18,19)20/h2-5,12,25H,6-11H2,1H3/t12-/m1/s1. The Labute approximate surface area is 150 Å². The van der Waals surface area contributed by atoms with Crippen LogP contribution in [0.25, 0.3) is 0 Å².